The number of halogens is 1. The number of hydrogen-bond donors (Lipinski definition) is 2. The molecule has 2 aromatic heterocycles. The van der Waals surface area contributed by atoms with Gasteiger partial charge < -0.3 is 10.3 Å². The first-order valence-corrected chi connectivity index (χ1v) is 10.3. The Morgan fingerprint density at radius 1 is 1.17 bits per heavy atom. The molecule has 6 heteroatoms. The number of ketones is 1. The third-order valence-electron chi connectivity index (χ3n) is 5.90. The summed E-state index contributed by atoms with van der Waals surface area (Å²) in [6.45, 7) is 0. The first-order valence-electron chi connectivity index (χ1n) is 10.3. The number of nitrogens with zero attached hydrogens (tertiary/aromatic N) is 1. The molecule has 2 N–H and O–H groups in total. The number of pyridine rings is 1. The summed E-state index contributed by atoms with van der Waals surface area (Å²) in [4.78, 5) is 32.5. The second kappa shape index (κ2) is 7.20. The highest BCUT2D eigenvalue weighted by Crippen LogP contribution is 2.41. The second-order valence-corrected chi connectivity index (χ2v) is 8.12. The van der Waals surface area contributed by atoms with Crippen molar-refractivity contribution < 1.29 is 14.0 Å². The van der Waals surface area contributed by atoms with Gasteiger partial charge in [0.05, 0.1) is 5.69 Å². The van der Waals surface area contributed by atoms with Crippen molar-refractivity contribution in [3.8, 4) is 11.3 Å². The average molecular weight is 403 g/mol. The maximum Gasteiger partial charge on any atom is 0.263 e. The van der Waals surface area contributed by atoms with Crippen LogP contribution < -0.4 is 5.32 Å². The number of Topliss-reactive ketones (excluding diaryl/α,β-unsaturated/α-hetero) is 1. The van der Waals surface area contributed by atoms with E-state index in [9.17, 15) is 14.0 Å². The summed E-state index contributed by atoms with van der Waals surface area (Å²) in [5, 5.41) is 2.59. The molecule has 5 nitrogen and oxygen atoms in total. The zero-order valence-corrected chi connectivity index (χ0v) is 16.5. The van der Waals surface area contributed by atoms with Crippen LogP contribution in [0.25, 0.3) is 11.3 Å². The van der Waals surface area contributed by atoms with Gasteiger partial charge in [-0.15, -0.1) is 0 Å². The van der Waals surface area contributed by atoms with E-state index in [1.807, 2.05) is 36.4 Å². The fourth-order valence-electron chi connectivity index (χ4n) is 4.11. The first-order chi connectivity index (χ1) is 14.5. The minimum Gasteiger partial charge on any atom is -0.358 e. The Hall–Kier alpha value is -3.28. The van der Waals surface area contributed by atoms with Gasteiger partial charge in [0, 0.05) is 35.9 Å². The smallest absolute Gasteiger partial charge is 0.263 e. The Morgan fingerprint density at radius 3 is 2.73 bits per heavy atom. The Morgan fingerprint density at radius 2 is 1.97 bits per heavy atom. The number of anilines is 1. The fraction of sp³-hybridized carbons (Fsp3) is 0.292. The second-order valence-electron chi connectivity index (χ2n) is 8.12. The van der Waals surface area contributed by atoms with Crippen LogP contribution in [0.1, 0.15) is 52.9 Å². The summed E-state index contributed by atoms with van der Waals surface area (Å²) >= 11 is 0. The molecule has 0 atom stereocenters. The molecule has 30 heavy (non-hydrogen) atoms. The molecule has 0 aliphatic heterocycles. The predicted molar refractivity (Wildman–Crippen MR) is 112 cm³/mol. The van der Waals surface area contributed by atoms with E-state index in [1.165, 1.54) is 0 Å². The van der Waals surface area contributed by atoms with Gasteiger partial charge in [0.25, 0.3) is 5.91 Å². The number of fused-ring (bicyclic) bond motifs is 1. The van der Waals surface area contributed by atoms with Crippen LogP contribution in [0.15, 0.2) is 48.7 Å². The largest absolute Gasteiger partial charge is 0.358 e. The van der Waals surface area contributed by atoms with E-state index in [4.69, 9.17) is 0 Å². The number of carbonyl (C=O) groups is 2. The van der Waals surface area contributed by atoms with Gasteiger partial charge >= 0.3 is 0 Å². The van der Waals surface area contributed by atoms with Gasteiger partial charge in [-0.05, 0) is 48.9 Å². The normalized spacial score (nSPS) is 16.8. The lowest BCUT2D eigenvalue weighted by Gasteiger charge is -2.12. The van der Waals surface area contributed by atoms with Crippen LogP contribution in [0.5, 0.6) is 0 Å². The molecule has 152 valence electrons. The highest BCUT2D eigenvalue weighted by atomic mass is 19.1. The lowest BCUT2D eigenvalue weighted by atomic mass is 9.90. The molecule has 2 aliphatic carbocycles. The highest BCUT2D eigenvalue weighted by Gasteiger charge is 2.51. The third-order valence-corrected chi connectivity index (χ3v) is 5.90. The van der Waals surface area contributed by atoms with Crippen LogP contribution in [0.2, 0.25) is 0 Å². The van der Waals surface area contributed by atoms with Crippen molar-refractivity contribution in [2.45, 2.75) is 44.2 Å². The van der Waals surface area contributed by atoms with Crippen LogP contribution in [-0.4, -0.2) is 27.3 Å². The molecular weight excluding hydrogens is 381 g/mol. The van der Waals surface area contributed by atoms with Crippen LogP contribution in [0, 0.1) is 0 Å². The number of benzene rings is 1. The minimum atomic E-state index is -1.76. The third kappa shape index (κ3) is 3.43. The van der Waals surface area contributed by atoms with Gasteiger partial charge in [-0.2, -0.15) is 0 Å². The van der Waals surface area contributed by atoms with Crippen LogP contribution >= 0.6 is 0 Å². The summed E-state index contributed by atoms with van der Waals surface area (Å²) in [7, 11) is 0. The van der Waals surface area contributed by atoms with E-state index in [0.29, 0.717) is 18.7 Å². The standard InChI is InChI=1S/C24H22FN3O2/c25-24(10-11-24)23(30)28-20-14-16(9-12-26-20)22-17(13-15-5-2-1-3-6-15)21-18(27-22)7-4-8-19(21)29/h1-3,5-6,9,12,14,27H,4,7-8,10-11,13H2,(H,26,28,30). The number of amides is 1. The molecule has 5 rings (SSSR count). The number of carbonyl (C=O) groups excluding carboxylic acids is 2. The molecule has 0 spiro atoms. The summed E-state index contributed by atoms with van der Waals surface area (Å²) in [5.74, 6) is -0.163. The van der Waals surface area contributed by atoms with E-state index in [-0.39, 0.29) is 18.6 Å². The summed E-state index contributed by atoms with van der Waals surface area (Å²) < 4.78 is 14.0. The lowest BCUT2D eigenvalue weighted by molar-refractivity contribution is -0.122. The molecule has 3 aromatic rings. The molecule has 1 amide bonds. The monoisotopic (exact) mass is 403 g/mol. The molecule has 2 heterocycles. The lowest BCUT2D eigenvalue weighted by Crippen LogP contribution is -2.25. The summed E-state index contributed by atoms with van der Waals surface area (Å²) in [6.07, 6.45) is 4.97. The Bertz CT molecular complexity index is 1130. The number of aromatic amines is 1. The van der Waals surface area contributed by atoms with Crippen LogP contribution in [0.3, 0.4) is 0 Å². The number of nitrogens with one attached hydrogen (secondary N) is 2. The summed E-state index contributed by atoms with van der Waals surface area (Å²) in [5.41, 5.74) is 3.77. The van der Waals surface area contributed by atoms with E-state index in [1.54, 1.807) is 12.3 Å². The molecule has 0 bridgehead atoms. The maximum atomic E-state index is 14.0. The number of H-pyrrole nitrogens is 1. The van der Waals surface area contributed by atoms with Crippen molar-refractivity contribution in [2.75, 3.05) is 5.32 Å². The molecule has 2 aliphatic rings. The number of rotatable bonds is 5. The molecule has 0 unspecified atom stereocenters. The van der Waals surface area contributed by atoms with E-state index in [2.05, 4.69) is 15.3 Å². The minimum absolute atomic E-state index is 0.167. The Kier molecular flexibility index (Phi) is 4.50. The van der Waals surface area contributed by atoms with Gasteiger partial charge in [-0.25, -0.2) is 9.37 Å². The van der Waals surface area contributed by atoms with Crippen molar-refractivity contribution in [1.29, 1.82) is 0 Å². The van der Waals surface area contributed by atoms with Crippen molar-refractivity contribution >= 4 is 17.5 Å². The highest BCUT2D eigenvalue weighted by molar-refractivity contribution is 6.02. The molecule has 1 saturated carbocycles. The Balaban J connectivity index is 1.54. The number of alkyl halides is 1. The molecule has 0 radical (unpaired) electrons. The fourth-order valence-corrected chi connectivity index (χ4v) is 4.11. The number of hydrogen-bond acceptors (Lipinski definition) is 3. The SMILES string of the molecule is O=C1CCCc2[nH]c(-c3ccnc(NC(=O)C4(F)CC4)c3)c(Cc3ccccc3)c21. The predicted octanol–water partition coefficient (Wildman–Crippen LogP) is 4.63. The van der Waals surface area contributed by atoms with Crippen molar-refractivity contribution in [3.05, 3.63) is 71.0 Å². The van der Waals surface area contributed by atoms with E-state index in [0.717, 1.165) is 46.5 Å². The molecule has 1 fully saturated rings. The van der Waals surface area contributed by atoms with Gasteiger partial charge in [0.15, 0.2) is 11.5 Å². The molecular formula is C24H22FN3O2. The molecule has 1 aromatic carbocycles. The van der Waals surface area contributed by atoms with Crippen molar-refractivity contribution in [3.63, 3.8) is 0 Å². The topological polar surface area (TPSA) is 74.8 Å². The zero-order chi connectivity index (χ0) is 20.7. The zero-order valence-electron chi connectivity index (χ0n) is 16.5. The molecule has 0 saturated heterocycles. The van der Waals surface area contributed by atoms with Gasteiger partial charge in [-0.1, -0.05) is 30.3 Å². The average Bonchev–Trinajstić information content (AvgIpc) is 3.40. The summed E-state index contributed by atoms with van der Waals surface area (Å²) in [6, 6.07) is 13.6. The van der Waals surface area contributed by atoms with E-state index >= 15 is 0 Å². The van der Waals surface area contributed by atoms with Gasteiger partial charge in [-0.3, -0.25) is 9.59 Å². The van der Waals surface area contributed by atoms with Crippen molar-refractivity contribution in [1.82, 2.24) is 9.97 Å². The first kappa shape index (κ1) is 18.7. The number of aryl methyl sites for hydroxylation is 1. The maximum absolute atomic E-state index is 14.0. The van der Waals surface area contributed by atoms with E-state index < -0.39 is 11.6 Å². The van der Waals surface area contributed by atoms with Crippen LogP contribution in [-0.2, 0) is 17.6 Å². The van der Waals surface area contributed by atoms with Gasteiger partial charge in [0.1, 0.15) is 5.82 Å². The number of aromatic nitrogens is 2. The van der Waals surface area contributed by atoms with Crippen molar-refractivity contribution in [2.24, 2.45) is 0 Å². The van der Waals surface area contributed by atoms with Gasteiger partial charge in [0.2, 0.25) is 0 Å². The Labute approximate surface area is 173 Å². The quantitative estimate of drug-likeness (QED) is 0.652. The van der Waals surface area contributed by atoms with Crippen LogP contribution in [0.4, 0.5) is 10.2 Å².